The Balaban J connectivity index is 1.94. The number of hydrogen-bond donors (Lipinski definition) is 1. The molecule has 154 valence electrons. The number of carbonyl (C=O) groups is 1. The Hall–Kier alpha value is -3.23. The molecule has 0 fully saturated rings. The van der Waals surface area contributed by atoms with Gasteiger partial charge in [0, 0.05) is 26.1 Å². The maximum atomic E-state index is 12.7. The minimum atomic E-state index is -4.52. The zero-order valence-electron chi connectivity index (χ0n) is 15.9. The largest absolute Gasteiger partial charge is 0.491 e. The first-order valence-electron chi connectivity index (χ1n) is 8.81. The molecule has 0 radical (unpaired) electrons. The van der Waals surface area contributed by atoms with Crippen molar-refractivity contribution in [1.29, 1.82) is 0 Å². The van der Waals surface area contributed by atoms with Crippen molar-refractivity contribution < 1.29 is 27.4 Å². The Morgan fingerprint density at radius 2 is 2.10 bits per heavy atom. The third-order valence-corrected chi connectivity index (χ3v) is 4.36. The van der Waals surface area contributed by atoms with Gasteiger partial charge in [-0.05, 0) is 30.3 Å². The van der Waals surface area contributed by atoms with Gasteiger partial charge in [-0.3, -0.25) is 4.79 Å². The molecule has 2 aromatic rings. The zero-order chi connectivity index (χ0) is 21.2. The van der Waals surface area contributed by atoms with Gasteiger partial charge >= 0.3 is 6.18 Å². The monoisotopic (exact) mass is 407 g/mol. The predicted molar refractivity (Wildman–Crippen MR) is 101 cm³/mol. The van der Waals surface area contributed by atoms with E-state index in [1.54, 1.807) is 31.1 Å². The number of aromatic nitrogens is 1. The highest BCUT2D eigenvalue weighted by atomic mass is 19.4. The molecule has 0 spiro atoms. The minimum absolute atomic E-state index is 0.161. The summed E-state index contributed by atoms with van der Waals surface area (Å²) in [6, 6.07) is 5.28. The highest BCUT2D eigenvalue weighted by molar-refractivity contribution is 5.87. The molecule has 1 atom stereocenters. The van der Waals surface area contributed by atoms with Crippen molar-refractivity contribution in [2.24, 2.45) is 0 Å². The van der Waals surface area contributed by atoms with Crippen molar-refractivity contribution in [3.8, 4) is 17.2 Å². The van der Waals surface area contributed by atoms with Gasteiger partial charge in [-0.25, -0.2) is 4.98 Å². The third-order valence-electron chi connectivity index (χ3n) is 4.36. The average molecular weight is 407 g/mol. The summed E-state index contributed by atoms with van der Waals surface area (Å²) in [6.45, 7) is 3.85. The van der Waals surface area contributed by atoms with E-state index < -0.39 is 11.9 Å². The molecular formula is C20H20F3N3O3. The summed E-state index contributed by atoms with van der Waals surface area (Å²) in [5, 5.41) is 2.87. The molecule has 29 heavy (non-hydrogen) atoms. The molecule has 1 aliphatic rings. The first-order valence-corrected chi connectivity index (χ1v) is 8.81. The molecule has 1 amide bonds. The van der Waals surface area contributed by atoms with Crippen LogP contribution in [0.5, 0.6) is 17.2 Å². The maximum absolute atomic E-state index is 12.7. The van der Waals surface area contributed by atoms with Crippen molar-refractivity contribution >= 4 is 11.6 Å². The standard InChI is InChI=1S/C20H20F3N3O3/c1-4-17(27)25-14-9-10-28-19-13(14)6-7-15(18(19)26(2)3)29-12-5-8-16(24-11-12)20(21,22)23/h4-8,11,14H,1,9-10H2,2-3H3,(H,25,27). The third kappa shape index (κ3) is 4.44. The highest BCUT2D eigenvalue weighted by Crippen LogP contribution is 2.46. The Kier molecular flexibility index (Phi) is 5.67. The number of hydrogen-bond acceptors (Lipinski definition) is 5. The van der Waals surface area contributed by atoms with E-state index in [2.05, 4.69) is 16.9 Å². The van der Waals surface area contributed by atoms with Crippen LogP contribution in [0.4, 0.5) is 18.9 Å². The molecule has 2 heterocycles. The van der Waals surface area contributed by atoms with Crippen LogP contribution in [0.25, 0.3) is 0 Å². The van der Waals surface area contributed by atoms with Crippen molar-refractivity contribution in [2.75, 3.05) is 25.6 Å². The molecule has 9 heteroatoms. The van der Waals surface area contributed by atoms with Crippen molar-refractivity contribution in [3.63, 3.8) is 0 Å². The van der Waals surface area contributed by atoms with Crippen LogP contribution in [0.15, 0.2) is 43.1 Å². The van der Waals surface area contributed by atoms with Gasteiger partial charge in [-0.15, -0.1) is 0 Å². The smallest absolute Gasteiger partial charge is 0.433 e. The molecular weight excluding hydrogens is 387 g/mol. The van der Waals surface area contributed by atoms with E-state index in [0.717, 1.165) is 17.8 Å². The summed E-state index contributed by atoms with van der Waals surface area (Å²) < 4.78 is 49.7. The number of carbonyl (C=O) groups excluding carboxylic acids is 1. The molecule has 1 aromatic carbocycles. The first-order chi connectivity index (χ1) is 13.7. The lowest BCUT2D eigenvalue weighted by atomic mass is 9.98. The number of nitrogens with one attached hydrogen (secondary N) is 1. The Morgan fingerprint density at radius 1 is 1.34 bits per heavy atom. The van der Waals surface area contributed by atoms with Crippen LogP contribution in [-0.4, -0.2) is 31.6 Å². The number of fused-ring (bicyclic) bond motifs is 1. The zero-order valence-corrected chi connectivity index (χ0v) is 15.9. The second-order valence-corrected chi connectivity index (χ2v) is 6.61. The van der Waals surface area contributed by atoms with Crippen molar-refractivity contribution in [1.82, 2.24) is 10.3 Å². The van der Waals surface area contributed by atoms with E-state index in [9.17, 15) is 18.0 Å². The Bertz CT molecular complexity index is 912. The van der Waals surface area contributed by atoms with Gasteiger partial charge < -0.3 is 19.7 Å². The number of pyridine rings is 1. The number of benzene rings is 1. The van der Waals surface area contributed by atoms with Gasteiger partial charge in [-0.1, -0.05) is 6.58 Å². The van der Waals surface area contributed by atoms with Crippen molar-refractivity contribution in [3.05, 3.63) is 54.4 Å². The molecule has 3 rings (SSSR count). The molecule has 1 aromatic heterocycles. The predicted octanol–water partition coefficient (Wildman–Crippen LogP) is 4.08. The molecule has 0 bridgehead atoms. The van der Waals surface area contributed by atoms with E-state index >= 15 is 0 Å². The van der Waals surface area contributed by atoms with Gasteiger partial charge in [0.15, 0.2) is 11.5 Å². The van der Waals surface area contributed by atoms with Crippen LogP contribution in [-0.2, 0) is 11.0 Å². The summed E-state index contributed by atoms with van der Waals surface area (Å²) in [6.07, 6.45) is -1.69. The van der Waals surface area contributed by atoms with Crippen LogP contribution >= 0.6 is 0 Å². The fourth-order valence-electron chi connectivity index (χ4n) is 3.05. The number of halogens is 3. The van der Waals surface area contributed by atoms with E-state index in [1.807, 2.05) is 0 Å². The summed E-state index contributed by atoms with van der Waals surface area (Å²) >= 11 is 0. The number of ether oxygens (including phenoxy) is 2. The molecule has 0 saturated carbocycles. The van der Waals surface area contributed by atoms with Crippen LogP contribution in [0, 0.1) is 0 Å². The lowest BCUT2D eigenvalue weighted by Gasteiger charge is -2.31. The second kappa shape index (κ2) is 8.02. The summed E-state index contributed by atoms with van der Waals surface area (Å²) in [5.41, 5.74) is 0.403. The number of alkyl halides is 3. The van der Waals surface area contributed by atoms with Crippen molar-refractivity contribution in [2.45, 2.75) is 18.6 Å². The summed E-state index contributed by atoms with van der Waals surface area (Å²) in [7, 11) is 3.59. The second-order valence-electron chi connectivity index (χ2n) is 6.61. The Labute approximate surface area is 165 Å². The number of anilines is 1. The minimum Gasteiger partial charge on any atom is -0.491 e. The number of nitrogens with zero attached hydrogens (tertiary/aromatic N) is 2. The Morgan fingerprint density at radius 3 is 2.69 bits per heavy atom. The van der Waals surface area contributed by atoms with Gasteiger partial charge in [0.2, 0.25) is 5.91 Å². The molecule has 0 aliphatic carbocycles. The number of amides is 1. The van der Waals surface area contributed by atoms with Crippen LogP contribution < -0.4 is 19.7 Å². The van der Waals surface area contributed by atoms with Gasteiger partial charge in [0.1, 0.15) is 17.1 Å². The molecule has 6 nitrogen and oxygen atoms in total. The van der Waals surface area contributed by atoms with Crippen LogP contribution in [0.1, 0.15) is 23.7 Å². The van der Waals surface area contributed by atoms with E-state index in [4.69, 9.17) is 9.47 Å². The quantitative estimate of drug-likeness (QED) is 0.757. The maximum Gasteiger partial charge on any atom is 0.433 e. The van der Waals surface area contributed by atoms with Crippen LogP contribution in [0.3, 0.4) is 0 Å². The molecule has 1 N–H and O–H groups in total. The van der Waals surface area contributed by atoms with E-state index in [-0.39, 0.29) is 17.7 Å². The van der Waals surface area contributed by atoms with Gasteiger partial charge in [-0.2, -0.15) is 13.2 Å². The SMILES string of the molecule is C=CC(=O)NC1CCOc2c1ccc(Oc1ccc(C(F)(F)F)nc1)c2N(C)C. The van der Waals surface area contributed by atoms with E-state index in [1.165, 1.54) is 12.1 Å². The normalized spacial score (nSPS) is 15.7. The molecule has 1 unspecified atom stereocenters. The lowest BCUT2D eigenvalue weighted by molar-refractivity contribution is -0.141. The fourth-order valence-corrected chi connectivity index (χ4v) is 3.05. The van der Waals surface area contributed by atoms with Crippen LogP contribution in [0.2, 0.25) is 0 Å². The van der Waals surface area contributed by atoms with E-state index in [0.29, 0.717) is 30.2 Å². The van der Waals surface area contributed by atoms with Gasteiger partial charge in [0.25, 0.3) is 0 Å². The summed E-state index contributed by atoms with van der Waals surface area (Å²) in [5.74, 6) is 0.817. The lowest BCUT2D eigenvalue weighted by Crippen LogP contribution is -2.31. The average Bonchev–Trinajstić information content (AvgIpc) is 2.67. The topological polar surface area (TPSA) is 63.7 Å². The summed E-state index contributed by atoms with van der Waals surface area (Å²) in [4.78, 5) is 16.9. The molecule has 0 saturated heterocycles. The fraction of sp³-hybridized carbons (Fsp3) is 0.300. The highest BCUT2D eigenvalue weighted by Gasteiger charge is 2.32. The molecule has 1 aliphatic heterocycles. The van der Waals surface area contributed by atoms with Gasteiger partial charge in [0.05, 0.1) is 18.8 Å². The number of rotatable bonds is 5. The first kappa shape index (κ1) is 20.5.